The quantitative estimate of drug-likeness (QED) is 0.639. The molecule has 7 nitrogen and oxygen atoms in total. The zero-order valence-corrected chi connectivity index (χ0v) is 15.5. The highest BCUT2D eigenvalue weighted by atomic mass is 32.2. The first-order chi connectivity index (χ1) is 12.1. The first-order valence-electron chi connectivity index (χ1n) is 7.79. The van der Waals surface area contributed by atoms with Crippen molar-refractivity contribution >= 4 is 34.1 Å². The van der Waals surface area contributed by atoms with Crippen LogP contribution in [0.25, 0.3) is 11.4 Å². The van der Waals surface area contributed by atoms with Gasteiger partial charge in [0, 0.05) is 36.1 Å². The fraction of sp³-hybridized carbons (Fsp3) is 0.312. The lowest BCUT2D eigenvalue weighted by atomic mass is 10.2. The number of hydrogen-bond acceptors (Lipinski definition) is 7. The van der Waals surface area contributed by atoms with Crippen molar-refractivity contribution in [2.24, 2.45) is 5.92 Å². The standard InChI is InChI=1S/C16H18N6OS2/c1-11(2)9-22-14(12-4-3-5-17-8-12)20-21-16(22)25-10-13(23)19-15-18-6-7-24-15/h3-8,11H,9-10H2,1-2H3,(H,18,19,23). The number of aromatic nitrogens is 5. The van der Waals surface area contributed by atoms with E-state index in [1.165, 1.54) is 23.1 Å². The normalized spacial score (nSPS) is 11.0. The summed E-state index contributed by atoms with van der Waals surface area (Å²) in [5, 5.41) is 14.5. The maximum atomic E-state index is 12.1. The molecule has 0 spiro atoms. The van der Waals surface area contributed by atoms with Gasteiger partial charge in [-0.25, -0.2) is 4.98 Å². The molecule has 130 valence electrons. The average molecular weight is 374 g/mol. The molecule has 0 radical (unpaired) electrons. The van der Waals surface area contributed by atoms with Crippen LogP contribution in [0.3, 0.4) is 0 Å². The van der Waals surface area contributed by atoms with Gasteiger partial charge in [-0.1, -0.05) is 25.6 Å². The van der Waals surface area contributed by atoms with Crippen molar-refractivity contribution in [2.45, 2.75) is 25.5 Å². The monoisotopic (exact) mass is 374 g/mol. The Bertz CT molecular complexity index is 817. The Hall–Kier alpha value is -2.26. The lowest BCUT2D eigenvalue weighted by Gasteiger charge is -2.12. The first-order valence-corrected chi connectivity index (χ1v) is 9.65. The summed E-state index contributed by atoms with van der Waals surface area (Å²) in [6, 6.07) is 3.83. The Morgan fingerprint density at radius 2 is 2.24 bits per heavy atom. The number of thioether (sulfide) groups is 1. The predicted octanol–water partition coefficient (Wildman–Crippen LogP) is 3.18. The van der Waals surface area contributed by atoms with Gasteiger partial charge in [0.05, 0.1) is 5.75 Å². The Labute approximate surface area is 153 Å². The van der Waals surface area contributed by atoms with E-state index in [1.54, 1.807) is 18.6 Å². The van der Waals surface area contributed by atoms with Crippen molar-refractivity contribution in [3.63, 3.8) is 0 Å². The fourth-order valence-electron chi connectivity index (χ4n) is 2.20. The largest absolute Gasteiger partial charge is 0.302 e. The van der Waals surface area contributed by atoms with E-state index in [-0.39, 0.29) is 11.7 Å². The van der Waals surface area contributed by atoms with E-state index in [0.717, 1.165) is 23.1 Å². The molecular weight excluding hydrogens is 356 g/mol. The molecule has 0 aliphatic heterocycles. The number of thiazole rings is 1. The second kappa shape index (κ2) is 8.21. The molecule has 0 bridgehead atoms. The minimum atomic E-state index is -0.109. The molecule has 0 fully saturated rings. The first kappa shape index (κ1) is 17.6. The van der Waals surface area contributed by atoms with E-state index in [1.807, 2.05) is 22.1 Å². The summed E-state index contributed by atoms with van der Waals surface area (Å²) < 4.78 is 2.04. The van der Waals surface area contributed by atoms with Crippen molar-refractivity contribution < 1.29 is 4.79 Å². The second-order valence-corrected chi connectivity index (χ2v) is 7.56. The van der Waals surface area contributed by atoms with Gasteiger partial charge in [-0.15, -0.1) is 21.5 Å². The van der Waals surface area contributed by atoms with Crippen LogP contribution in [0.15, 0.2) is 41.3 Å². The lowest BCUT2D eigenvalue weighted by molar-refractivity contribution is -0.113. The second-order valence-electron chi connectivity index (χ2n) is 5.73. The van der Waals surface area contributed by atoms with Crippen LogP contribution in [0.5, 0.6) is 0 Å². The summed E-state index contributed by atoms with van der Waals surface area (Å²) in [7, 11) is 0. The predicted molar refractivity (Wildman–Crippen MR) is 99.6 cm³/mol. The minimum absolute atomic E-state index is 0.109. The lowest BCUT2D eigenvalue weighted by Crippen LogP contribution is -2.15. The van der Waals surface area contributed by atoms with Gasteiger partial charge in [-0.05, 0) is 18.1 Å². The van der Waals surface area contributed by atoms with Crippen LogP contribution in [-0.2, 0) is 11.3 Å². The average Bonchev–Trinajstić information content (AvgIpc) is 3.23. The molecule has 1 amide bonds. The highest BCUT2D eigenvalue weighted by molar-refractivity contribution is 7.99. The molecule has 0 aliphatic carbocycles. The molecule has 3 rings (SSSR count). The van der Waals surface area contributed by atoms with Gasteiger partial charge in [0.15, 0.2) is 16.1 Å². The number of anilines is 1. The molecule has 1 N–H and O–H groups in total. The Kier molecular flexibility index (Phi) is 5.77. The van der Waals surface area contributed by atoms with Crippen LogP contribution in [0, 0.1) is 5.92 Å². The van der Waals surface area contributed by atoms with Crippen molar-refractivity contribution in [1.82, 2.24) is 24.7 Å². The van der Waals surface area contributed by atoms with E-state index in [0.29, 0.717) is 11.0 Å². The summed E-state index contributed by atoms with van der Waals surface area (Å²) in [6.07, 6.45) is 5.16. The smallest absolute Gasteiger partial charge is 0.236 e. The van der Waals surface area contributed by atoms with Gasteiger partial charge < -0.3 is 9.88 Å². The van der Waals surface area contributed by atoms with Gasteiger partial charge in [-0.2, -0.15) is 0 Å². The van der Waals surface area contributed by atoms with Crippen LogP contribution in [0.1, 0.15) is 13.8 Å². The zero-order chi connectivity index (χ0) is 17.6. The van der Waals surface area contributed by atoms with E-state index >= 15 is 0 Å². The van der Waals surface area contributed by atoms with E-state index in [9.17, 15) is 4.79 Å². The number of carbonyl (C=O) groups is 1. The molecule has 9 heteroatoms. The van der Waals surface area contributed by atoms with Crippen molar-refractivity contribution in [1.29, 1.82) is 0 Å². The SMILES string of the molecule is CC(C)Cn1c(SCC(=O)Nc2nccs2)nnc1-c1cccnc1. The van der Waals surface area contributed by atoms with Crippen LogP contribution in [0.4, 0.5) is 5.13 Å². The van der Waals surface area contributed by atoms with Crippen molar-refractivity contribution in [3.05, 3.63) is 36.1 Å². The summed E-state index contributed by atoms with van der Waals surface area (Å²) in [5.74, 6) is 1.34. The Morgan fingerprint density at radius 3 is 2.92 bits per heavy atom. The number of carbonyl (C=O) groups excluding carboxylic acids is 1. The maximum absolute atomic E-state index is 12.1. The molecule has 0 aromatic carbocycles. The molecule has 0 aliphatic rings. The number of pyridine rings is 1. The van der Waals surface area contributed by atoms with E-state index < -0.39 is 0 Å². The molecule has 25 heavy (non-hydrogen) atoms. The molecular formula is C16H18N6OS2. The van der Waals surface area contributed by atoms with Crippen LogP contribution in [0.2, 0.25) is 0 Å². The summed E-state index contributed by atoms with van der Waals surface area (Å²) in [4.78, 5) is 20.3. The number of nitrogens with zero attached hydrogens (tertiary/aromatic N) is 5. The van der Waals surface area contributed by atoms with E-state index in [4.69, 9.17) is 0 Å². The van der Waals surface area contributed by atoms with Crippen molar-refractivity contribution in [3.8, 4) is 11.4 Å². The Balaban J connectivity index is 1.74. The Morgan fingerprint density at radius 1 is 1.36 bits per heavy atom. The molecule has 0 saturated heterocycles. The number of hydrogen-bond donors (Lipinski definition) is 1. The summed E-state index contributed by atoms with van der Waals surface area (Å²) in [6.45, 7) is 5.04. The third kappa shape index (κ3) is 4.64. The summed E-state index contributed by atoms with van der Waals surface area (Å²) >= 11 is 2.76. The molecule has 0 saturated carbocycles. The van der Waals surface area contributed by atoms with Crippen molar-refractivity contribution in [2.75, 3.05) is 11.1 Å². The zero-order valence-electron chi connectivity index (χ0n) is 13.9. The highest BCUT2D eigenvalue weighted by Gasteiger charge is 2.17. The maximum Gasteiger partial charge on any atom is 0.236 e. The molecule has 0 unspecified atom stereocenters. The van der Waals surface area contributed by atoms with Gasteiger partial charge in [-0.3, -0.25) is 9.78 Å². The molecule has 3 aromatic rings. The summed E-state index contributed by atoms with van der Waals surface area (Å²) in [5.41, 5.74) is 0.912. The van der Waals surface area contributed by atoms with Gasteiger partial charge >= 0.3 is 0 Å². The molecule has 3 heterocycles. The minimum Gasteiger partial charge on any atom is -0.302 e. The number of nitrogens with one attached hydrogen (secondary N) is 1. The van der Waals surface area contributed by atoms with E-state index in [2.05, 4.69) is 39.3 Å². The fourth-order valence-corrected chi connectivity index (χ4v) is 3.50. The topological polar surface area (TPSA) is 85.6 Å². The molecule has 3 aromatic heterocycles. The number of rotatable bonds is 7. The third-order valence-electron chi connectivity index (χ3n) is 3.20. The van der Waals surface area contributed by atoms with Gasteiger partial charge in [0.25, 0.3) is 0 Å². The van der Waals surface area contributed by atoms with Gasteiger partial charge in [0.2, 0.25) is 5.91 Å². The van der Waals surface area contributed by atoms with Crippen LogP contribution >= 0.6 is 23.1 Å². The third-order valence-corrected chi connectivity index (χ3v) is 4.85. The molecule has 0 atom stereocenters. The van der Waals surface area contributed by atoms with Crippen LogP contribution < -0.4 is 5.32 Å². The highest BCUT2D eigenvalue weighted by Crippen LogP contribution is 2.25. The van der Waals surface area contributed by atoms with Gasteiger partial charge in [0.1, 0.15) is 0 Å². The van der Waals surface area contributed by atoms with Crippen LogP contribution in [-0.4, -0.2) is 36.4 Å². The number of amides is 1.